The third kappa shape index (κ3) is 9.90. The second kappa shape index (κ2) is 17.4. The van der Waals surface area contributed by atoms with Crippen LogP contribution in [0.3, 0.4) is 0 Å². The van der Waals surface area contributed by atoms with Crippen molar-refractivity contribution in [1.82, 2.24) is 20.5 Å². The average Bonchev–Trinajstić information content (AvgIpc) is 3.09. The van der Waals surface area contributed by atoms with Crippen LogP contribution in [-0.4, -0.2) is 77.5 Å². The van der Waals surface area contributed by atoms with Gasteiger partial charge in [0.1, 0.15) is 11.9 Å². The molecular weight excluding hydrogens is 610 g/mol. The number of phenols is 1. The van der Waals surface area contributed by atoms with Gasteiger partial charge < -0.3 is 35.5 Å². The number of nitrogens with one attached hydrogen (secondary N) is 4. The number of hydrogen-bond acceptors (Lipinski definition) is 8. The van der Waals surface area contributed by atoms with E-state index in [2.05, 4.69) is 25.8 Å². The number of amides is 2. The normalized spacial score (nSPS) is 14.4. The number of likely N-dealkylation sites (tertiary alicyclic amines) is 1. The smallest absolute Gasteiger partial charge is 0.411 e. The Balaban J connectivity index is 0.898. The number of phenolic OH excluding ortho intramolecular Hbond substituents is 1. The van der Waals surface area contributed by atoms with Gasteiger partial charge in [0.2, 0.25) is 11.5 Å². The maximum Gasteiger partial charge on any atom is 0.411 e. The summed E-state index contributed by atoms with van der Waals surface area (Å²) in [6.07, 6.45) is 3.13. The van der Waals surface area contributed by atoms with Gasteiger partial charge in [-0.25, -0.2) is 4.79 Å². The number of carbonyl (C=O) groups is 2. The highest BCUT2D eigenvalue weighted by Gasteiger charge is 2.23. The molecule has 3 aromatic carbocycles. The lowest BCUT2D eigenvalue weighted by molar-refractivity contribution is -0.121. The highest BCUT2D eigenvalue weighted by molar-refractivity contribution is 5.91. The molecule has 48 heavy (non-hydrogen) atoms. The van der Waals surface area contributed by atoms with Gasteiger partial charge in [0.25, 0.3) is 0 Å². The molecular formula is C37H45N5O6. The first-order chi connectivity index (χ1) is 23.4. The van der Waals surface area contributed by atoms with Crippen LogP contribution in [0.4, 0.5) is 10.5 Å². The molecule has 2 amide bonds. The van der Waals surface area contributed by atoms with E-state index < -0.39 is 12.2 Å². The molecule has 1 saturated heterocycles. The number of benzene rings is 3. The number of aliphatic hydroxyl groups is 1. The summed E-state index contributed by atoms with van der Waals surface area (Å²) >= 11 is 0. The van der Waals surface area contributed by atoms with Crippen molar-refractivity contribution in [3.05, 3.63) is 94.8 Å². The van der Waals surface area contributed by atoms with Gasteiger partial charge in [-0.2, -0.15) is 0 Å². The molecule has 1 aromatic heterocycles. The number of nitrogens with zero attached hydrogens (tertiary/aromatic N) is 1. The minimum Gasteiger partial charge on any atom is -0.506 e. The molecule has 0 spiro atoms. The molecule has 1 fully saturated rings. The molecule has 2 heterocycles. The predicted molar refractivity (Wildman–Crippen MR) is 187 cm³/mol. The molecule has 1 aliphatic heterocycles. The van der Waals surface area contributed by atoms with Crippen LogP contribution in [0.1, 0.15) is 50.2 Å². The molecule has 4 aromatic rings. The van der Waals surface area contributed by atoms with E-state index >= 15 is 0 Å². The Morgan fingerprint density at radius 2 is 1.69 bits per heavy atom. The molecule has 5 rings (SSSR count). The Kier molecular flexibility index (Phi) is 12.6. The van der Waals surface area contributed by atoms with E-state index in [0.29, 0.717) is 42.5 Å². The number of piperidine rings is 1. The number of aliphatic hydroxyl groups excluding tert-OH is 1. The van der Waals surface area contributed by atoms with E-state index in [9.17, 15) is 24.6 Å². The van der Waals surface area contributed by atoms with E-state index in [1.54, 1.807) is 12.1 Å². The number of pyridine rings is 1. The first-order valence-electron chi connectivity index (χ1n) is 16.7. The molecule has 0 radical (unpaired) electrons. The SMILES string of the molecule is O=C(CCCCCNCC(O)c1ccc(O)c2[nH]c(=O)ccc12)NCCN1CCC(OC(=O)Nc2ccccc2-c2ccccc2)CC1. The van der Waals surface area contributed by atoms with Crippen LogP contribution in [0.5, 0.6) is 5.75 Å². The number of ether oxygens (including phenoxy) is 1. The Labute approximate surface area is 280 Å². The van der Waals surface area contributed by atoms with Gasteiger partial charge in [-0.05, 0) is 61.6 Å². The summed E-state index contributed by atoms with van der Waals surface area (Å²) in [5.74, 6) is 0.00680. The maximum atomic E-state index is 12.7. The lowest BCUT2D eigenvalue weighted by atomic mass is 10.0. The number of aromatic hydroxyl groups is 1. The zero-order valence-corrected chi connectivity index (χ0v) is 27.1. The highest BCUT2D eigenvalue weighted by Crippen LogP contribution is 2.29. The van der Waals surface area contributed by atoms with Crippen molar-refractivity contribution >= 4 is 28.6 Å². The number of anilines is 1. The van der Waals surface area contributed by atoms with Gasteiger partial charge >= 0.3 is 6.09 Å². The topological polar surface area (TPSA) is 156 Å². The van der Waals surface area contributed by atoms with Crippen LogP contribution >= 0.6 is 0 Å². The van der Waals surface area contributed by atoms with Crippen molar-refractivity contribution in [2.45, 2.75) is 50.7 Å². The van der Waals surface area contributed by atoms with Crippen LogP contribution in [0.25, 0.3) is 22.0 Å². The van der Waals surface area contributed by atoms with Gasteiger partial charge in [0.15, 0.2) is 0 Å². The molecule has 254 valence electrons. The van der Waals surface area contributed by atoms with Crippen molar-refractivity contribution in [1.29, 1.82) is 0 Å². The minimum absolute atomic E-state index is 0.0361. The van der Waals surface area contributed by atoms with Crippen LogP contribution in [0, 0.1) is 0 Å². The number of hydrogen-bond donors (Lipinski definition) is 6. The third-order valence-electron chi connectivity index (χ3n) is 8.67. The minimum atomic E-state index is -0.795. The summed E-state index contributed by atoms with van der Waals surface area (Å²) in [6, 6.07) is 23.7. The summed E-state index contributed by atoms with van der Waals surface area (Å²) in [6.45, 7) is 3.98. The number of H-pyrrole nitrogens is 1. The Bertz CT molecular complexity index is 1700. The monoisotopic (exact) mass is 655 g/mol. The zero-order valence-electron chi connectivity index (χ0n) is 27.1. The summed E-state index contributed by atoms with van der Waals surface area (Å²) < 4.78 is 5.73. The number of unbranched alkanes of at least 4 members (excludes halogenated alkanes) is 2. The maximum absolute atomic E-state index is 12.7. The van der Waals surface area contributed by atoms with Gasteiger partial charge in [-0.1, -0.05) is 61.0 Å². The Morgan fingerprint density at radius 3 is 2.50 bits per heavy atom. The van der Waals surface area contributed by atoms with Gasteiger partial charge in [0, 0.05) is 56.2 Å². The van der Waals surface area contributed by atoms with E-state index in [-0.39, 0.29) is 23.3 Å². The van der Waals surface area contributed by atoms with Crippen molar-refractivity contribution < 1.29 is 24.5 Å². The van der Waals surface area contributed by atoms with Gasteiger partial charge in [-0.3, -0.25) is 14.9 Å². The molecule has 0 bridgehead atoms. The molecule has 1 atom stereocenters. The van der Waals surface area contributed by atoms with Crippen molar-refractivity contribution in [2.24, 2.45) is 0 Å². The molecule has 1 aliphatic rings. The largest absolute Gasteiger partial charge is 0.506 e. The predicted octanol–water partition coefficient (Wildman–Crippen LogP) is 4.91. The fraction of sp³-hybridized carbons (Fsp3) is 0.378. The van der Waals surface area contributed by atoms with Crippen molar-refractivity contribution in [3.63, 3.8) is 0 Å². The first-order valence-corrected chi connectivity index (χ1v) is 16.7. The number of aromatic nitrogens is 1. The van der Waals surface area contributed by atoms with Crippen molar-refractivity contribution in [2.75, 3.05) is 44.6 Å². The van der Waals surface area contributed by atoms with Gasteiger partial charge in [0.05, 0.1) is 17.3 Å². The lowest BCUT2D eigenvalue weighted by Crippen LogP contribution is -2.42. The average molecular weight is 656 g/mol. The Hall–Kier alpha value is -4.71. The standard InChI is InChI=1S/C37H45N5O6/c43-32-16-14-29(30-15-17-35(46)41-36(30)32)33(44)25-38-20-8-2-5-13-34(45)39-21-24-42-22-18-27(19-23-42)48-37(47)40-31-12-7-6-11-28(31)26-9-3-1-4-10-26/h1,3-4,6-7,9-12,14-17,27,33,38,43-44H,2,5,8,13,18-25H2,(H,39,45)(H,40,47)(H,41,46). The van der Waals surface area contributed by atoms with Crippen LogP contribution < -0.4 is 21.5 Å². The van der Waals surface area contributed by atoms with E-state index in [4.69, 9.17) is 4.74 Å². The number of para-hydroxylation sites is 1. The number of fused-ring (bicyclic) bond motifs is 1. The first kappa shape index (κ1) is 34.6. The van der Waals surface area contributed by atoms with E-state index in [1.165, 1.54) is 12.1 Å². The van der Waals surface area contributed by atoms with Crippen molar-refractivity contribution in [3.8, 4) is 16.9 Å². The fourth-order valence-corrected chi connectivity index (χ4v) is 6.06. The molecule has 11 heteroatoms. The number of rotatable bonds is 15. The van der Waals surface area contributed by atoms with E-state index in [0.717, 1.165) is 68.6 Å². The van der Waals surface area contributed by atoms with Gasteiger partial charge in [-0.15, -0.1) is 0 Å². The van der Waals surface area contributed by atoms with Crippen LogP contribution in [0.15, 0.2) is 83.7 Å². The molecule has 6 N–H and O–H groups in total. The second-order valence-electron chi connectivity index (χ2n) is 12.1. The summed E-state index contributed by atoms with van der Waals surface area (Å²) in [4.78, 5) is 41.5. The van der Waals surface area contributed by atoms with Crippen LogP contribution in [-0.2, 0) is 9.53 Å². The summed E-state index contributed by atoms with van der Waals surface area (Å²) in [5, 5.41) is 30.5. The molecule has 0 aliphatic carbocycles. The number of carbonyl (C=O) groups excluding carboxylic acids is 2. The fourth-order valence-electron chi connectivity index (χ4n) is 6.06. The van der Waals surface area contributed by atoms with Crippen LogP contribution in [0.2, 0.25) is 0 Å². The number of aromatic amines is 1. The second-order valence-corrected chi connectivity index (χ2v) is 12.1. The Morgan fingerprint density at radius 1 is 0.917 bits per heavy atom. The molecule has 1 unspecified atom stereocenters. The summed E-state index contributed by atoms with van der Waals surface area (Å²) in [7, 11) is 0. The van der Waals surface area contributed by atoms with E-state index in [1.807, 2.05) is 54.6 Å². The quantitative estimate of drug-likeness (QED) is 0.0987. The third-order valence-corrected chi connectivity index (χ3v) is 8.67. The highest BCUT2D eigenvalue weighted by atomic mass is 16.6. The molecule has 0 saturated carbocycles. The molecule has 11 nitrogen and oxygen atoms in total. The zero-order chi connectivity index (χ0) is 33.7. The summed E-state index contributed by atoms with van der Waals surface area (Å²) in [5.41, 5.74) is 3.32. The lowest BCUT2D eigenvalue weighted by Gasteiger charge is -2.31.